The number of imidazole rings is 1. The topological polar surface area (TPSA) is 103 Å². The lowest BCUT2D eigenvalue weighted by Gasteiger charge is -2.16. The highest BCUT2D eigenvalue weighted by Crippen LogP contribution is 2.29. The summed E-state index contributed by atoms with van der Waals surface area (Å²) in [7, 11) is 0. The van der Waals surface area contributed by atoms with Gasteiger partial charge in [-0.2, -0.15) is 0 Å². The molecule has 0 spiro atoms. The van der Waals surface area contributed by atoms with Gasteiger partial charge < -0.3 is 15.2 Å². The van der Waals surface area contributed by atoms with Crippen LogP contribution in [0.1, 0.15) is 13.3 Å². The van der Waals surface area contributed by atoms with E-state index < -0.39 is 23.1 Å². The Morgan fingerprint density at radius 2 is 2.00 bits per heavy atom. The molecule has 20 heavy (non-hydrogen) atoms. The van der Waals surface area contributed by atoms with E-state index in [0.717, 1.165) is 22.8 Å². The molecular weight excluding hydrogens is 280 g/mol. The standard InChI is InChI=1S/C13H14N2O4S/c1-2-7(11(16)17)10(12(18)19)20-13-14-8-5-3-4-6-9(8)15-13/h3-7,10H,2H2,1H3,(H,14,15)(H,16,17)(H,18,19). The van der Waals surface area contributed by atoms with Crippen molar-refractivity contribution in [3.05, 3.63) is 24.3 Å². The van der Waals surface area contributed by atoms with Gasteiger partial charge in [0.05, 0.1) is 17.0 Å². The largest absolute Gasteiger partial charge is 0.481 e. The molecule has 2 unspecified atom stereocenters. The predicted octanol–water partition coefficient (Wildman–Crippen LogP) is 2.22. The van der Waals surface area contributed by atoms with Crippen LogP contribution in [0, 0.1) is 5.92 Å². The monoisotopic (exact) mass is 294 g/mol. The number of H-pyrrole nitrogens is 1. The highest BCUT2D eigenvalue weighted by molar-refractivity contribution is 8.00. The zero-order valence-electron chi connectivity index (χ0n) is 10.7. The van der Waals surface area contributed by atoms with Crippen molar-refractivity contribution in [3.8, 4) is 0 Å². The number of rotatable bonds is 6. The molecule has 1 aromatic heterocycles. The molecule has 0 amide bonds. The molecule has 6 nitrogen and oxygen atoms in total. The van der Waals surface area contributed by atoms with Gasteiger partial charge in [0, 0.05) is 0 Å². The van der Waals surface area contributed by atoms with Gasteiger partial charge in [0.15, 0.2) is 5.16 Å². The summed E-state index contributed by atoms with van der Waals surface area (Å²) in [5.41, 5.74) is 1.52. The Balaban J connectivity index is 2.27. The first-order valence-corrected chi connectivity index (χ1v) is 6.98. The van der Waals surface area contributed by atoms with E-state index in [1.807, 2.05) is 18.2 Å². The summed E-state index contributed by atoms with van der Waals surface area (Å²) in [4.78, 5) is 29.7. The number of benzene rings is 1. The van der Waals surface area contributed by atoms with E-state index in [2.05, 4.69) is 9.97 Å². The number of hydrogen-bond donors (Lipinski definition) is 3. The predicted molar refractivity (Wildman–Crippen MR) is 74.8 cm³/mol. The van der Waals surface area contributed by atoms with Crippen molar-refractivity contribution in [2.75, 3.05) is 0 Å². The number of nitrogens with zero attached hydrogens (tertiary/aromatic N) is 1. The third-order valence-corrected chi connectivity index (χ3v) is 4.17. The second kappa shape index (κ2) is 5.96. The molecule has 0 aliphatic heterocycles. The van der Waals surface area contributed by atoms with E-state index in [-0.39, 0.29) is 6.42 Å². The van der Waals surface area contributed by atoms with Crippen molar-refractivity contribution < 1.29 is 19.8 Å². The second-order valence-electron chi connectivity index (χ2n) is 4.29. The van der Waals surface area contributed by atoms with Crippen LogP contribution in [0.5, 0.6) is 0 Å². The quantitative estimate of drug-likeness (QED) is 0.706. The fourth-order valence-electron chi connectivity index (χ4n) is 1.93. The van der Waals surface area contributed by atoms with Gasteiger partial charge in [0.1, 0.15) is 5.25 Å². The number of fused-ring (bicyclic) bond motifs is 1. The van der Waals surface area contributed by atoms with Crippen molar-refractivity contribution >= 4 is 34.7 Å². The fourth-order valence-corrected chi connectivity index (χ4v) is 3.06. The minimum Gasteiger partial charge on any atom is -0.481 e. The number of thioether (sulfide) groups is 1. The summed E-state index contributed by atoms with van der Waals surface area (Å²) in [6.07, 6.45) is 0.250. The van der Waals surface area contributed by atoms with E-state index in [1.54, 1.807) is 13.0 Å². The average Bonchev–Trinajstić information content (AvgIpc) is 2.80. The third kappa shape index (κ3) is 2.93. The molecule has 0 aliphatic carbocycles. The number of aliphatic carboxylic acids is 2. The molecule has 1 aromatic carbocycles. The smallest absolute Gasteiger partial charge is 0.317 e. The van der Waals surface area contributed by atoms with Gasteiger partial charge in [-0.3, -0.25) is 9.59 Å². The van der Waals surface area contributed by atoms with Gasteiger partial charge in [-0.1, -0.05) is 30.8 Å². The average molecular weight is 294 g/mol. The van der Waals surface area contributed by atoms with Gasteiger partial charge in [-0.15, -0.1) is 0 Å². The minimum absolute atomic E-state index is 0.250. The second-order valence-corrected chi connectivity index (χ2v) is 5.42. The molecule has 0 aliphatic rings. The van der Waals surface area contributed by atoms with E-state index >= 15 is 0 Å². The van der Waals surface area contributed by atoms with E-state index in [4.69, 9.17) is 5.11 Å². The van der Waals surface area contributed by atoms with Crippen LogP contribution in [-0.4, -0.2) is 37.4 Å². The maximum absolute atomic E-state index is 11.3. The fraction of sp³-hybridized carbons (Fsp3) is 0.308. The van der Waals surface area contributed by atoms with Crippen LogP contribution in [0.2, 0.25) is 0 Å². The number of nitrogens with one attached hydrogen (secondary N) is 1. The van der Waals surface area contributed by atoms with Crippen LogP contribution in [0.3, 0.4) is 0 Å². The van der Waals surface area contributed by atoms with Crippen LogP contribution in [0.25, 0.3) is 11.0 Å². The zero-order valence-corrected chi connectivity index (χ0v) is 11.6. The molecule has 0 fully saturated rings. The minimum atomic E-state index is -1.15. The summed E-state index contributed by atoms with van der Waals surface area (Å²) in [5.74, 6) is -3.21. The molecule has 7 heteroatoms. The molecule has 2 aromatic rings. The van der Waals surface area contributed by atoms with Crippen molar-refractivity contribution in [1.82, 2.24) is 9.97 Å². The van der Waals surface area contributed by atoms with Crippen LogP contribution < -0.4 is 0 Å². The Kier molecular flexibility index (Phi) is 4.29. The maximum atomic E-state index is 11.3. The van der Waals surface area contributed by atoms with Gasteiger partial charge in [0.25, 0.3) is 0 Å². The molecule has 2 atom stereocenters. The summed E-state index contributed by atoms with van der Waals surface area (Å²) in [6.45, 7) is 1.66. The number of aromatic nitrogens is 2. The maximum Gasteiger partial charge on any atom is 0.317 e. The van der Waals surface area contributed by atoms with Gasteiger partial charge >= 0.3 is 11.9 Å². The SMILES string of the molecule is CCC(C(=O)O)C(Sc1nc2ccccc2[nH]1)C(=O)O. The Labute approximate surface area is 119 Å². The molecule has 0 saturated heterocycles. The Morgan fingerprint density at radius 1 is 1.30 bits per heavy atom. The first kappa shape index (κ1) is 14.4. The zero-order chi connectivity index (χ0) is 14.7. The first-order chi connectivity index (χ1) is 9.52. The number of carboxylic acid groups (broad SMARTS) is 2. The number of aromatic amines is 1. The van der Waals surface area contributed by atoms with E-state index in [1.165, 1.54) is 0 Å². The van der Waals surface area contributed by atoms with Crippen LogP contribution in [-0.2, 0) is 9.59 Å². The lowest BCUT2D eigenvalue weighted by Crippen LogP contribution is -2.32. The number of carboxylic acids is 2. The molecule has 0 saturated carbocycles. The van der Waals surface area contributed by atoms with Crippen molar-refractivity contribution in [2.45, 2.75) is 23.8 Å². The molecule has 0 bridgehead atoms. The van der Waals surface area contributed by atoms with Gasteiger partial charge in [-0.25, -0.2) is 4.98 Å². The molecule has 3 N–H and O–H groups in total. The normalized spacial score (nSPS) is 14.1. The third-order valence-electron chi connectivity index (χ3n) is 2.97. The highest BCUT2D eigenvalue weighted by Gasteiger charge is 2.34. The molecule has 106 valence electrons. The summed E-state index contributed by atoms with van der Waals surface area (Å²) < 4.78 is 0. The molecule has 1 heterocycles. The highest BCUT2D eigenvalue weighted by atomic mass is 32.2. The Morgan fingerprint density at radius 3 is 2.55 bits per heavy atom. The van der Waals surface area contributed by atoms with Crippen molar-refractivity contribution in [1.29, 1.82) is 0 Å². The van der Waals surface area contributed by atoms with Crippen LogP contribution in [0.15, 0.2) is 29.4 Å². The van der Waals surface area contributed by atoms with Crippen molar-refractivity contribution in [2.24, 2.45) is 5.92 Å². The van der Waals surface area contributed by atoms with Crippen molar-refractivity contribution in [3.63, 3.8) is 0 Å². The first-order valence-electron chi connectivity index (χ1n) is 6.10. The Bertz CT molecular complexity index is 607. The van der Waals surface area contributed by atoms with Gasteiger partial charge in [0.2, 0.25) is 0 Å². The number of carbonyl (C=O) groups is 2. The van der Waals surface area contributed by atoms with Crippen LogP contribution >= 0.6 is 11.8 Å². The Hall–Kier alpha value is -2.02. The van der Waals surface area contributed by atoms with Gasteiger partial charge in [-0.05, 0) is 18.6 Å². The molecule has 2 rings (SSSR count). The lowest BCUT2D eigenvalue weighted by atomic mass is 10.0. The summed E-state index contributed by atoms with van der Waals surface area (Å²) in [6, 6.07) is 7.31. The lowest BCUT2D eigenvalue weighted by molar-refractivity contribution is -0.147. The van der Waals surface area contributed by atoms with E-state index in [0.29, 0.717) is 5.16 Å². The number of hydrogen-bond acceptors (Lipinski definition) is 4. The summed E-state index contributed by atoms with van der Waals surface area (Å²) in [5, 5.41) is 17.7. The molecular formula is C13H14N2O4S. The molecule has 0 radical (unpaired) electrons. The summed E-state index contributed by atoms with van der Waals surface area (Å²) >= 11 is 0.937. The van der Waals surface area contributed by atoms with E-state index in [9.17, 15) is 14.7 Å². The number of para-hydroxylation sites is 2. The van der Waals surface area contributed by atoms with Crippen LogP contribution in [0.4, 0.5) is 0 Å².